The van der Waals surface area contributed by atoms with E-state index in [0.29, 0.717) is 0 Å². The van der Waals surface area contributed by atoms with Crippen LogP contribution < -0.4 is 0 Å². The van der Waals surface area contributed by atoms with Crippen molar-refractivity contribution in [1.29, 1.82) is 0 Å². The van der Waals surface area contributed by atoms with E-state index in [1.165, 1.54) is 10.4 Å². The molecule has 0 heterocycles. The van der Waals surface area contributed by atoms with Crippen LogP contribution in [0.3, 0.4) is 0 Å². The molecule has 0 bridgehead atoms. The molecule has 6 heteroatoms. The van der Waals surface area contributed by atoms with E-state index in [1.807, 2.05) is 13.8 Å². The molecule has 1 aromatic carbocycles. The molecule has 0 radical (unpaired) electrons. The molecule has 0 fully saturated rings. The summed E-state index contributed by atoms with van der Waals surface area (Å²) in [4.78, 5) is 0.114. The van der Waals surface area contributed by atoms with Gasteiger partial charge in [-0.05, 0) is 32.0 Å². The normalized spacial score (nSPS) is 12.1. The largest absolute Gasteiger partial charge is 0.245 e. The minimum atomic E-state index is -3.60. The minimum Gasteiger partial charge on any atom is -0.207 e. The quantitative estimate of drug-likeness (QED) is 0.758. The minimum absolute atomic E-state index is 0.114. The Morgan fingerprint density at radius 3 is 2.56 bits per heavy atom. The van der Waals surface area contributed by atoms with Gasteiger partial charge in [-0.15, -0.1) is 6.58 Å². The maximum Gasteiger partial charge on any atom is 0.245 e. The fraction of sp³-hybridized carbons (Fsp3) is 0.333. The number of hydrogen-bond donors (Lipinski definition) is 0. The molecule has 0 aliphatic rings. The van der Waals surface area contributed by atoms with Crippen molar-refractivity contribution in [3.05, 3.63) is 40.3 Å². The standard InChI is InChI=1S/C12H15BrClNO2S/c1-4-7-15(9(2)3)18(16,17)12-6-5-10(13)8-11(12)14/h4-6,8-9H,1,7H2,2-3H3. The van der Waals surface area contributed by atoms with E-state index in [-0.39, 0.29) is 22.5 Å². The average molecular weight is 353 g/mol. The Bertz CT molecular complexity index is 543. The zero-order valence-corrected chi connectivity index (χ0v) is 13.4. The number of benzene rings is 1. The summed E-state index contributed by atoms with van der Waals surface area (Å²) in [5.74, 6) is 0. The highest BCUT2D eigenvalue weighted by Gasteiger charge is 2.27. The highest BCUT2D eigenvalue weighted by Crippen LogP contribution is 2.28. The van der Waals surface area contributed by atoms with Crippen molar-refractivity contribution >= 4 is 37.6 Å². The van der Waals surface area contributed by atoms with Crippen molar-refractivity contribution in [2.24, 2.45) is 0 Å². The lowest BCUT2D eigenvalue weighted by Gasteiger charge is -2.25. The van der Waals surface area contributed by atoms with Crippen LogP contribution in [0.5, 0.6) is 0 Å². The van der Waals surface area contributed by atoms with Gasteiger partial charge in [0.05, 0.1) is 5.02 Å². The highest BCUT2D eigenvalue weighted by molar-refractivity contribution is 9.10. The Hall–Kier alpha value is -0.360. The molecule has 1 aromatic rings. The van der Waals surface area contributed by atoms with E-state index >= 15 is 0 Å². The number of rotatable bonds is 5. The second kappa shape index (κ2) is 6.19. The lowest BCUT2D eigenvalue weighted by atomic mass is 10.4. The summed E-state index contributed by atoms with van der Waals surface area (Å²) in [5.41, 5.74) is 0. The molecule has 0 N–H and O–H groups in total. The van der Waals surface area contributed by atoms with Gasteiger partial charge in [-0.1, -0.05) is 33.6 Å². The zero-order valence-electron chi connectivity index (χ0n) is 10.2. The average Bonchev–Trinajstić information content (AvgIpc) is 2.24. The van der Waals surface area contributed by atoms with Gasteiger partial charge in [0.15, 0.2) is 0 Å². The van der Waals surface area contributed by atoms with Crippen LogP contribution in [0.2, 0.25) is 5.02 Å². The molecular weight excluding hydrogens is 338 g/mol. The molecule has 0 amide bonds. The first kappa shape index (κ1) is 15.7. The van der Waals surface area contributed by atoms with Crippen LogP contribution in [-0.4, -0.2) is 25.3 Å². The fourth-order valence-electron chi connectivity index (χ4n) is 1.52. The summed E-state index contributed by atoms with van der Waals surface area (Å²) < 4.78 is 27.0. The Morgan fingerprint density at radius 1 is 1.50 bits per heavy atom. The third-order valence-corrected chi connectivity index (χ3v) is 5.38. The number of nitrogens with zero attached hydrogens (tertiary/aromatic N) is 1. The zero-order chi connectivity index (χ0) is 13.9. The van der Waals surface area contributed by atoms with Crippen molar-refractivity contribution in [3.8, 4) is 0 Å². The first-order valence-electron chi connectivity index (χ1n) is 5.38. The van der Waals surface area contributed by atoms with Crippen LogP contribution in [-0.2, 0) is 10.0 Å². The Labute approximate surface area is 122 Å². The monoisotopic (exact) mass is 351 g/mol. The van der Waals surface area contributed by atoms with Gasteiger partial charge >= 0.3 is 0 Å². The first-order chi connectivity index (χ1) is 8.30. The summed E-state index contributed by atoms with van der Waals surface area (Å²) in [7, 11) is -3.60. The molecule has 0 saturated carbocycles. The number of halogens is 2. The lowest BCUT2D eigenvalue weighted by molar-refractivity contribution is 0.383. The molecule has 1 rings (SSSR count). The van der Waals surface area contributed by atoms with Crippen molar-refractivity contribution in [2.75, 3.05) is 6.54 Å². The van der Waals surface area contributed by atoms with Crippen molar-refractivity contribution < 1.29 is 8.42 Å². The molecule has 18 heavy (non-hydrogen) atoms. The van der Waals surface area contributed by atoms with E-state index < -0.39 is 10.0 Å². The molecule has 100 valence electrons. The molecular formula is C12H15BrClNO2S. The van der Waals surface area contributed by atoms with Crippen molar-refractivity contribution in [2.45, 2.75) is 24.8 Å². The molecule has 0 unspecified atom stereocenters. The molecule has 0 aromatic heterocycles. The Kier molecular flexibility index (Phi) is 5.40. The second-order valence-electron chi connectivity index (χ2n) is 4.03. The Morgan fingerprint density at radius 2 is 2.11 bits per heavy atom. The van der Waals surface area contributed by atoms with E-state index in [0.717, 1.165) is 4.47 Å². The molecule has 0 aliphatic carbocycles. The van der Waals surface area contributed by atoms with Crippen LogP contribution in [0.15, 0.2) is 40.2 Å². The molecule has 0 saturated heterocycles. The second-order valence-corrected chi connectivity index (χ2v) is 7.21. The van der Waals surface area contributed by atoms with Crippen LogP contribution in [0, 0.1) is 0 Å². The summed E-state index contributed by atoms with van der Waals surface area (Å²) in [6.07, 6.45) is 1.56. The smallest absolute Gasteiger partial charge is 0.207 e. The SMILES string of the molecule is C=CCN(C(C)C)S(=O)(=O)c1ccc(Br)cc1Cl. The van der Waals surface area contributed by atoms with Crippen LogP contribution in [0.25, 0.3) is 0 Å². The highest BCUT2D eigenvalue weighted by atomic mass is 79.9. The van der Waals surface area contributed by atoms with Crippen LogP contribution in [0.1, 0.15) is 13.8 Å². The van der Waals surface area contributed by atoms with Gasteiger partial charge in [-0.2, -0.15) is 4.31 Å². The van der Waals surface area contributed by atoms with E-state index in [9.17, 15) is 8.42 Å². The maximum atomic E-state index is 12.5. The van der Waals surface area contributed by atoms with E-state index in [4.69, 9.17) is 11.6 Å². The van der Waals surface area contributed by atoms with E-state index in [1.54, 1.807) is 18.2 Å². The summed E-state index contributed by atoms with van der Waals surface area (Å²) in [6, 6.07) is 4.57. The molecule has 0 atom stereocenters. The van der Waals surface area contributed by atoms with Gasteiger partial charge in [-0.3, -0.25) is 0 Å². The molecule has 0 spiro atoms. The number of sulfonamides is 1. The maximum absolute atomic E-state index is 12.5. The molecule has 3 nitrogen and oxygen atoms in total. The van der Waals surface area contributed by atoms with Gasteiger partial charge in [0, 0.05) is 17.1 Å². The third-order valence-electron chi connectivity index (χ3n) is 2.37. The summed E-state index contributed by atoms with van der Waals surface area (Å²) >= 11 is 9.25. The van der Waals surface area contributed by atoms with Gasteiger partial charge in [0.1, 0.15) is 4.90 Å². The van der Waals surface area contributed by atoms with E-state index in [2.05, 4.69) is 22.5 Å². The summed E-state index contributed by atoms with van der Waals surface area (Å²) in [5, 5.41) is 0.207. The van der Waals surface area contributed by atoms with Gasteiger partial charge < -0.3 is 0 Å². The predicted octanol–water partition coefficient (Wildman–Crippen LogP) is 3.69. The van der Waals surface area contributed by atoms with Crippen molar-refractivity contribution in [3.63, 3.8) is 0 Å². The van der Waals surface area contributed by atoms with Gasteiger partial charge in [0.2, 0.25) is 10.0 Å². The summed E-state index contributed by atoms with van der Waals surface area (Å²) in [6.45, 7) is 7.46. The topological polar surface area (TPSA) is 37.4 Å². The molecule has 0 aliphatic heterocycles. The van der Waals surface area contributed by atoms with Crippen LogP contribution >= 0.6 is 27.5 Å². The van der Waals surface area contributed by atoms with Gasteiger partial charge in [0.25, 0.3) is 0 Å². The Balaban J connectivity index is 3.30. The fourth-order valence-corrected chi connectivity index (χ4v) is 4.15. The lowest BCUT2D eigenvalue weighted by Crippen LogP contribution is -2.37. The van der Waals surface area contributed by atoms with Gasteiger partial charge in [-0.25, -0.2) is 8.42 Å². The van der Waals surface area contributed by atoms with Crippen LogP contribution in [0.4, 0.5) is 0 Å². The predicted molar refractivity (Wildman–Crippen MR) is 78.4 cm³/mol. The third kappa shape index (κ3) is 3.35. The first-order valence-corrected chi connectivity index (χ1v) is 7.99. The van der Waals surface area contributed by atoms with Crippen molar-refractivity contribution in [1.82, 2.24) is 4.31 Å². The number of hydrogen-bond acceptors (Lipinski definition) is 2.